The zero-order valence-electron chi connectivity index (χ0n) is 12.7. The van der Waals surface area contributed by atoms with Crippen molar-refractivity contribution in [1.29, 1.82) is 0 Å². The van der Waals surface area contributed by atoms with Gasteiger partial charge >= 0.3 is 11.9 Å². The van der Waals surface area contributed by atoms with Crippen LogP contribution in [0.5, 0.6) is 11.5 Å². The summed E-state index contributed by atoms with van der Waals surface area (Å²) < 4.78 is 48.4. The number of nitrogens with one attached hydrogen (secondary N) is 1. The maximum Gasteiger partial charge on any atom is 0.453 e. The number of nitrogens with zero attached hydrogens (tertiary/aromatic N) is 4. The average Bonchev–Trinajstić information content (AvgIpc) is 2.92. The number of rotatable bonds is 5. The molecule has 0 unspecified atom stereocenters. The van der Waals surface area contributed by atoms with Crippen LogP contribution in [0.25, 0.3) is 0 Å². The molecule has 1 heterocycles. The van der Waals surface area contributed by atoms with Crippen LogP contribution in [0.3, 0.4) is 0 Å². The van der Waals surface area contributed by atoms with Gasteiger partial charge in [-0.15, -0.1) is 5.10 Å². The summed E-state index contributed by atoms with van der Waals surface area (Å²) in [6.07, 6.45) is -3.85. The van der Waals surface area contributed by atoms with E-state index in [2.05, 4.69) is 10.2 Å². The smallest absolute Gasteiger partial charge is 0.453 e. The second-order valence-electron chi connectivity index (χ2n) is 4.43. The minimum Gasteiger partial charge on any atom is -0.496 e. The molecule has 1 N–H and O–H groups in total. The van der Waals surface area contributed by atoms with E-state index in [9.17, 15) is 23.3 Å². The molecule has 0 spiro atoms. The first-order valence-electron chi connectivity index (χ1n) is 6.38. The van der Waals surface area contributed by atoms with Gasteiger partial charge in [0.15, 0.2) is 0 Å². The molecule has 0 amide bonds. The standard InChI is InChI=1S/C12H10F3N5O4S/c1-23-8-4-9(24-2)7(20(21)22)3-6(8)5-16-19-10(12(13,14)15)17-18-11(19)25/h3-5H,1-2H3,(H,18,25)/b16-5-. The normalized spacial score (nSPS) is 11.7. The lowest BCUT2D eigenvalue weighted by molar-refractivity contribution is -0.385. The largest absolute Gasteiger partial charge is 0.496 e. The van der Waals surface area contributed by atoms with E-state index in [4.69, 9.17) is 21.7 Å². The number of H-pyrrole nitrogens is 1. The Morgan fingerprint density at radius 1 is 1.36 bits per heavy atom. The van der Waals surface area contributed by atoms with Gasteiger partial charge in [-0.3, -0.25) is 10.1 Å². The highest BCUT2D eigenvalue weighted by molar-refractivity contribution is 7.71. The van der Waals surface area contributed by atoms with Gasteiger partial charge in [-0.1, -0.05) is 0 Å². The third kappa shape index (κ3) is 3.76. The predicted molar refractivity (Wildman–Crippen MR) is 81.6 cm³/mol. The number of aromatic nitrogens is 3. The van der Waals surface area contributed by atoms with Crippen molar-refractivity contribution in [2.24, 2.45) is 5.10 Å². The van der Waals surface area contributed by atoms with E-state index in [1.165, 1.54) is 20.3 Å². The highest BCUT2D eigenvalue weighted by Gasteiger charge is 2.37. The Labute approximate surface area is 142 Å². The third-order valence-corrected chi connectivity index (χ3v) is 3.21. The summed E-state index contributed by atoms with van der Waals surface area (Å²) in [5.41, 5.74) is -0.359. The van der Waals surface area contributed by atoms with Gasteiger partial charge in [0.05, 0.1) is 25.4 Å². The number of nitro groups is 1. The van der Waals surface area contributed by atoms with Crippen LogP contribution >= 0.6 is 12.2 Å². The van der Waals surface area contributed by atoms with Crippen LogP contribution in [0.2, 0.25) is 0 Å². The van der Waals surface area contributed by atoms with Crippen LogP contribution in [0.1, 0.15) is 11.4 Å². The maximum absolute atomic E-state index is 12.8. The molecule has 25 heavy (non-hydrogen) atoms. The van der Waals surface area contributed by atoms with Crippen molar-refractivity contribution in [2.75, 3.05) is 14.2 Å². The van der Waals surface area contributed by atoms with Crippen molar-refractivity contribution in [2.45, 2.75) is 6.18 Å². The topological polar surface area (TPSA) is 108 Å². The van der Waals surface area contributed by atoms with Gasteiger partial charge in [0.25, 0.3) is 5.82 Å². The molecule has 9 nitrogen and oxygen atoms in total. The molecule has 0 aliphatic carbocycles. The molecule has 0 aliphatic rings. The van der Waals surface area contributed by atoms with Crippen LogP contribution in [-0.4, -0.2) is 40.2 Å². The number of hydrogen-bond donors (Lipinski definition) is 1. The number of alkyl halides is 3. The fourth-order valence-corrected chi connectivity index (χ4v) is 2.03. The van der Waals surface area contributed by atoms with E-state index >= 15 is 0 Å². The van der Waals surface area contributed by atoms with Gasteiger partial charge in [0.1, 0.15) is 5.75 Å². The van der Waals surface area contributed by atoms with Crippen molar-refractivity contribution in [3.8, 4) is 11.5 Å². The first-order valence-corrected chi connectivity index (χ1v) is 6.79. The van der Waals surface area contributed by atoms with Crippen LogP contribution in [-0.2, 0) is 6.18 Å². The first-order chi connectivity index (χ1) is 11.7. The monoisotopic (exact) mass is 377 g/mol. The van der Waals surface area contributed by atoms with Crippen molar-refractivity contribution < 1.29 is 27.6 Å². The number of halogens is 3. The lowest BCUT2D eigenvalue weighted by Crippen LogP contribution is -2.13. The van der Waals surface area contributed by atoms with Crippen molar-refractivity contribution >= 4 is 24.1 Å². The SMILES string of the molecule is COc1cc(OC)c([N+](=O)[O-])cc1/C=N\n1c(C(F)(F)F)n[nH]c1=S. The van der Waals surface area contributed by atoms with Crippen molar-refractivity contribution in [3.63, 3.8) is 0 Å². The fourth-order valence-electron chi connectivity index (χ4n) is 1.85. The van der Waals surface area contributed by atoms with E-state index in [0.29, 0.717) is 4.68 Å². The summed E-state index contributed by atoms with van der Waals surface area (Å²) >= 11 is 4.70. The van der Waals surface area contributed by atoms with E-state index < -0.39 is 27.4 Å². The van der Waals surface area contributed by atoms with Crippen LogP contribution in [0.15, 0.2) is 17.2 Å². The number of ether oxygens (including phenoxy) is 2. The zero-order chi connectivity index (χ0) is 18.8. The molecule has 13 heteroatoms. The third-order valence-electron chi connectivity index (χ3n) is 2.94. The van der Waals surface area contributed by atoms with Crippen LogP contribution < -0.4 is 9.47 Å². The summed E-state index contributed by atoms with van der Waals surface area (Å²) in [5.74, 6) is -1.33. The Morgan fingerprint density at radius 2 is 2.00 bits per heavy atom. The van der Waals surface area contributed by atoms with Crippen molar-refractivity contribution in [3.05, 3.63) is 38.4 Å². The number of aromatic amines is 1. The summed E-state index contributed by atoms with van der Waals surface area (Å²) in [7, 11) is 2.51. The number of methoxy groups -OCH3 is 2. The lowest BCUT2D eigenvalue weighted by atomic mass is 10.1. The molecule has 0 radical (unpaired) electrons. The van der Waals surface area contributed by atoms with Gasteiger partial charge in [-0.2, -0.15) is 22.9 Å². The number of benzene rings is 1. The Bertz CT molecular complexity index is 890. The highest BCUT2D eigenvalue weighted by atomic mass is 32.1. The van der Waals surface area contributed by atoms with Gasteiger partial charge < -0.3 is 9.47 Å². The van der Waals surface area contributed by atoms with Gasteiger partial charge in [0.2, 0.25) is 10.5 Å². The first kappa shape index (κ1) is 18.4. The molecule has 2 aromatic rings. The Kier molecular flexibility index (Phi) is 5.06. The Balaban J connectivity index is 2.56. The van der Waals surface area contributed by atoms with E-state index in [0.717, 1.165) is 12.3 Å². The molecule has 1 aromatic heterocycles. The molecule has 0 saturated heterocycles. The van der Waals surface area contributed by atoms with E-state index in [-0.39, 0.29) is 17.1 Å². The van der Waals surface area contributed by atoms with Gasteiger partial charge in [-0.25, -0.2) is 5.10 Å². The number of hydrogen-bond acceptors (Lipinski definition) is 7. The molecule has 0 bridgehead atoms. The molecule has 0 atom stereocenters. The minimum atomic E-state index is -4.79. The van der Waals surface area contributed by atoms with Crippen LogP contribution in [0.4, 0.5) is 18.9 Å². The summed E-state index contributed by atoms with van der Waals surface area (Å²) in [6, 6.07) is 2.27. The fraction of sp³-hybridized carbons (Fsp3) is 0.250. The van der Waals surface area contributed by atoms with Crippen molar-refractivity contribution in [1.82, 2.24) is 14.9 Å². The molecule has 134 valence electrons. The maximum atomic E-state index is 12.8. The zero-order valence-corrected chi connectivity index (χ0v) is 13.5. The quantitative estimate of drug-likeness (QED) is 0.372. The summed E-state index contributed by atoms with van der Waals surface area (Å²) in [5, 5.41) is 19.7. The molecular weight excluding hydrogens is 367 g/mol. The second-order valence-corrected chi connectivity index (χ2v) is 4.82. The lowest BCUT2D eigenvalue weighted by Gasteiger charge is -2.08. The van der Waals surface area contributed by atoms with E-state index in [1.54, 1.807) is 0 Å². The second kappa shape index (κ2) is 6.88. The number of nitro benzene ring substituents is 1. The van der Waals surface area contributed by atoms with E-state index in [1.807, 2.05) is 5.10 Å². The van der Waals surface area contributed by atoms with Gasteiger partial charge in [-0.05, 0) is 12.2 Å². The highest BCUT2D eigenvalue weighted by Crippen LogP contribution is 2.34. The molecule has 2 rings (SSSR count). The minimum absolute atomic E-state index is 0.0474. The molecule has 0 fully saturated rings. The Hall–Kier alpha value is -2.96. The van der Waals surface area contributed by atoms with Gasteiger partial charge in [0, 0.05) is 17.7 Å². The Morgan fingerprint density at radius 3 is 2.52 bits per heavy atom. The summed E-state index contributed by atoms with van der Waals surface area (Å²) in [4.78, 5) is 10.4. The molecule has 0 aliphatic heterocycles. The summed E-state index contributed by atoms with van der Waals surface area (Å²) in [6.45, 7) is 0. The molecule has 0 saturated carbocycles. The van der Waals surface area contributed by atoms with Crippen LogP contribution in [0, 0.1) is 14.9 Å². The molecule has 1 aromatic carbocycles. The predicted octanol–water partition coefficient (Wildman–Crippen LogP) is 2.77. The molecular formula is C12H10F3N5O4S. The average molecular weight is 377 g/mol.